The molecule has 0 saturated carbocycles. The van der Waals surface area contributed by atoms with Crippen LogP contribution in [0, 0.1) is 0 Å². The molecular formula is C11H12Br2N2S. The summed E-state index contributed by atoms with van der Waals surface area (Å²) in [4.78, 5) is 4.49. The number of thioether (sulfide) groups is 1. The molecule has 0 aromatic heterocycles. The van der Waals surface area contributed by atoms with Gasteiger partial charge in [-0.15, -0.1) is 0 Å². The monoisotopic (exact) mass is 362 g/mol. The Hall–Kier alpha value is -0.000000000000000111. The molecule has 16 heavy (non-hydrogen) atoms. The predicted molar refractivity (Wildman–Crippen MR) is 79.4 cm³/mol. The van der Waals surface area contributed by atoms with Crippen molar-refractivity contribution in [3.8, 4) is 0 Å². The molecule has 1 atom stereocenters. The molecule has 0 aliphatic carbocycles. The summed E-state index contributed by atoms with van der Waals surface area (Å²) >= 11 is 8.81. The van der Waals surface area contributed by atoms with Crippen LogP contribution in [0.25, 0.3) is 0 Å². The van der Waals surface area contributed by atoms with Gasteiger partial charge < -0.3 is 5.32 Å². The largest absolute Gasteiger partial charge is 0.334 e. The fourth-order valence-corrected chi connectivity index (χ4v) is 3.06. The van der Waals surface area contributed by atoms with Gasteiger partial charge >= 0.3 is 0 Å². The molecule has 0 radical (unpaired) electrons. The summed E-state index contributed by atoms with van der Waals surface area (Å²) in [6.07, 6.45) is 1.17. The quantitative estimate of drug-likeness (QED) is 0.836. The van der Waals surface area contributed by atoms with E-state index in [4.69, 9.17) is 0 Å². The fourth-order valence-electron chi connectivity index (χ4n) is 1.41. The van der Waals surface area contributed by atoms with E-state index in [0.29, 0.717) is 5.25 Å². The third kappa shape index (κ3) is 3.02. The standard InChI is InChI=1S/C11H12Br2N2S/c1-2-8-6-14-11(16-8)15-10-5-7(12)3-4-9(10)13/h3-5,8H,2,6H2,1H3,(H,14,15). The molecule has 5 heteroatoms. The van der Waals surface area contributed by atoms with Crippen LogP contribution in [0.15, 0.2) is 32.1 Å². The number of hydrogen-bond donors (Lipinski definition) is 1. The summed E-state index contributed by atoms with van der Waals surface area (Å²) in [6, 6.07) is 6.07. The first-order chi connectivity index (χ1) is 7.69. The van der Waals surface area contributed by atoms with Crippen LogP contribution < -0.4 is 5.32 Å². The minimum atomic E-state index is 0.633. The first kappa shape index (κ1) is 12.5. The van der Waals surface area contributed by atoms with Crippen molar-refractivity contribution in [3.05, 3.63) is 27.1 Å². The van der Waals surface area contributed by atoms with E-state index in [1.165, 1.54) is 6.42 Å². The number of benzene rings is 1. The second-order valence-electron chi connectivity index (χ2n) is 3.54. The van der Waals surface area contributed by atoms with Gasteiger partial charge in [0.1, 0.15) is 0 Å². The predicted octanol–water partition coefficient (Wildman–Crippen LogP) is 4.50. The van der Waals surface area contributed by atoms with Crippen LogP contribution in [0.5, 0.6) is 0 Å². The van der Waals surface area contributed by atoms with Crippen molar-refractivity contribution < 1.29 is 0 Å². The molecule has 0 bridgehead atoms. The number of nitrogens with zero attached hydrogens (tertiary/aromatic N) is 1. The van der Waals surface area contributed by atoms with E-state index < -0.39 is 0 Å². The minimum Gasteiger partial charge on any atom is -0.334 e. The fraction of sp³-hybridized carbons (Fsp3) is 0.364. The average Bonchev–Trinajstić information content (AvgIpc) is 2.71. The molecule has 1 aromatic rings. The molecule has 1 N–H and O–H groups in total. The van der Waals surface area contributed by atoms with Gasteiger partial charge in [-0.25, -0.2) is 0 Å². The number of amidine groups is 1. The molecule has 0 fully saturated rings. The minimum absolute atomic E-state index is 0.633. The van der Waals surface area contributed by atoms with Crippen LogP contribution >= 0.6 is 43.6 Å². The Kier molecular flexibility index (Phi) is 4.33. The van der Waals surface area contributed by atoms with E-state index in [0.717, 1.165) is 26.3 Å². The van der Waals surface area contributed by atoms with Gasteiger partial charge in [0.25, 0.3) is 0 Å². The lowest BCUT2D eigenvalue weighted by molar-refractivity contribution is 0.843. The van der Waals surface area contributed by atoms with Gasteiger partial charge in [-0.1, -0.05) is 34.6 Å². The average molecular weight is 364 g/mol. The van der Waals surface area contributed by atoms with E-state index >= 15 is 0 Å². The Labute approximate surface area is 117 Å². The van der Waals surface area contributed by atoms with Crippen LogP contribution in [0.1, 0.15) is 13.3 Å². The zero-order chi connectivity index (χ0) is 11.5. The van der Waals surface area contributed by atoms with Gasteiger partial charge in [-0.3, -0.25) is 4.99 Å². The van der Waals surface area contributed by atoms with Crippen molar-refractivity contribution in [2.24, 2.45) is 4.99 Å². The molecule has 0 amide bonds. The lowest BCUT2D eigenvalue weighted by atomic mass is 10.3. The van der Waals surface area contributed by atoms with Gasteiger partial charge in [0, 0.05) is 14.2 Å². The molecule has 86 valence electrons. The first-order valence-electron chi connectivity index (χ1n) is 5.12. The molecular weight excluding hydrogens is 352 g/mol. The van der Waals surface area contributed by atoms with Crippen molar-refractivity contribution in [3.63, 3.8) is 0 Å². The van der Waals surface area contributed by atoms with Crippen LogP contribution in [-0.4, -0.2) is 17.0 Å². The highest BCUT2D eigenvalue weighted by Crippen LogP contribution is 2.30. The first-order valence-corrected chi connectivity index (χ1v) is 7.58. The Morgan fingerprint density at radius 3 is 3.00 bits per heavy atom. The number of rotatable bonds is 2. The zero-order valence-corrected chi connectivity index (χ0v) is 12.8. The Morgan fingerprint density at radius 1 is 1.50 bits per heavy atom. The second kappa shape index (κ2) is 5.56. The number of nitrogens with one attached hydrogen (secondary N) is 1. The van der Waals surface area contributed by atoms with Gasteiger partial charge in [-0.2, -0.15) is 0 Å². The number of aliphatic imine (C=N–C) groups is 1. The zero-order valence-electron chi connectivity index (χ0n) is 8.84. The summed E-state index contributed by atoms with van der Waals surface area (Å²) in [6.45, 7) is 3.13. The summed E-state index contributed by atoms with van der Waals surface area (Å²) in [7, 11) is 0. The molecule has 1 aromatic carbocycles. The molecule has 1 heterocycles. The normalized spacial score (nSPS) is 19.7. The Bertz CT molecular complexity index is 420. The van der Waals surface area contributed by atoms with Crippen molar-refractivity contribution >= 4 is 54.5 Å². The molecule has 0 spiro atoms. The van der Waals surface area contributed by atoms with Gasteiger partial charge in [0.2, 0.25) is 0 Å². The van der Waals surface area contributed by atoms with Crippen molar-refractivity contribution in [1.29, 1.82) is 0 Å². The highest BCUT2D eigenvalue weighted by atomic mass is 79.9. The summed E-state index contributed by atoms with van der Waals surface area (Å²) < 4.78 is 2.12. The van der Waals surface area contributed by atoms with Crippen LogP contribution in [0.3, 0.4) is 0 Å². The lowest BCUT2D eigenvalue weighted by Gasteiger charge is -2.09. The molecule has 0 saturated heterocycles. The van der Waals surface area contributed by atoms with Crippen molar-refractivity contribution in [2.75, 3.05) is 11.9 Å². The third-order valence-electron chi connectivity index (χ3n) is 2.34. The number of anilines is 1. The van der Waals surface area contributed by atoms with E-state index in [1.807, 2.05) is 30.0 Å². The molecule has 2 nitrogen and oxygen atoms in total. The van der Waals surface area contributed by atoms with Crippen LogP contribution in [-0.2, 0) is 0 Å². The van der Waals surface area contributed by atoms with Gasteiger partial charge in [0.05, 0.1) is 12.2 Å². The van der Waals surface area contributed by atoms with Gasteiger partial charge in [0.15, 0.2) is 5.17 Å². The van der Waals surface area contributed by atoms with Crippen molar-refractivity contribution in [2.45, 2.75) is 18.6 Å². The SMILES string of the molecule is CCC1CN=C(Nc2cc(Br)ccc2Br)S1. The van der Waals surface area contributed by atoms with Crippen molar-refractivity contribution in [1.82, 2.24) is 0 Å². The Balaban J connectivity index is 2.07. The van der Waals surface area contributed by atoms with E-state index in [9.17, 15) is 0 Å². The van der Waals surface area contributed by atoms with Crippen LogP contribution in [0.4, 0.5) is 5.69 Å². The Morgan fingerprint density at radius 2 is 2.31 bits per heavy atom. The number of hydrogen-bond acceptors (Lipinski definition) is 3. The molecule has 1 unspecified atom stereocenters. The summed E-state index contributed by atoms with van der Waals surface area (Å²) in [5, 5.41) is 5.00. The summed E-state index contributed by atoms with van der Waals surface area (Å²) in [5.74, 6) is 0. The number of halogens is 2. The third-order valence-corrected chi connectivity index (χ3v) is 4.80. The van der Waals surface area contributed by atoms with E-state index in [-0.39, 0.29) is 0 Å². The molecule has 1 aliphatic heterocycles. The highest BCUT2D eigenvalue weighted by molar-refractivity contribution is 9.11. The lowest BCUT2D eigenvalue weighted by Crippen LogP contribution is -2.07. The second-order valence-corrected chi connectivity index (χ2v) is 6.60. The maximum absolute atomic E-state index is 4.49. The topological polar surface area (TPSA) is 24.4 Å². The van der Waals surface area contributed by atoms with Gasteiger partial charge in [-0.05, 0) is 40.5 Å². The van der Waals surface area contributed by atoms with Crippen LogP contribution in [0.2, 0.25) is 0 Å². The highest BCUT2D eigenvalue weighted by Gasteiger charge is 2.18. The maximum Gasteiger partial charge on any atom is 0.161 e. The smallest absolute Gasteiger partial charge is 0.161 e. The summed E-state index contributed by atoms with van der Waals surface area (Å²) in [5.41, 5.74) is 1.05. The molecule has 2 rings (SSSR count). The van der Waals surface area contributed by atoms with E-state index in [1.54, 1.807) is 0 Å². The molecule has 1 aliphatic rings. The van der Waals surface area contributed by atoms with E-state index in [2.05, 4.69) is 49.1 Å². The maximum atomic E-state index is 4.49.